The second kappa shape index (κ2) is 5.73. The highest BCUT2D eigenvalue weighted by atomic mass is 127. The van der Waals surface area contributed by atoms with Crippen LogP contribution in [-0.4, -0.2) is 17.4 Å². The van der Waals surface area contributed by atoms with Crippen LogP contribution in [0.1, 0.15) is 42.7 Å². The first-order valence-electron chi connectivity index (χ1n) is 5.87. The van der Waals surface area contributed by atoms with Crippen LogP contribution in [0.2, 0.25) is 0 Å². The summed E-state index contributed by atoms with van der Waals surface area (Å²) in [5.74, 6) is -0.549. The lowest BCUT2D eigenvalue weighted by Gasteiger charge is -2.34. The largest absolute Gasteiger partial charge is 0.459 e. The molecule has 0 aromatic carbocycles. The number of rotatable bonds is 3. The number of halogens is 1. The zero-order valence-corrected chi connectivity index (χ0v) is 11.9. The van der Waals surface area contributed by atoms with Gasteiger partial charge >= 0.3 is 5.97 Å². The first-order valence-corrected chi connectivity index (χ1v) is 6.75. The molecule has 0 saturated heterocycles. The van der Waals surface area contributed by atoms with Crippen LogP contribution in [0.15, 0.2) is 22.8 Å². The number of nitrogens with one attached hydrogen (secondary N) is 1. The second-order valence-corrected chi connectivity index (χ2v) is 4.88. The van der Waals surface area contributed by atoms with Crippen LogP contribution < -0.4 is 5.32 Å². The Hall–Kier alpha value is -1.05. The molecule has 0 atom stereocenters. The Balaban J connectivity index is 2.15. The molecule has 0 aliphatic heterocycles. The lowest BCUT2D eigenvalue weighted by atomic mass is 9.81. The van der Waals surface area contributed by atoms with Gasteiger partial charge in [-0.25, -0.2) is 4.79 Å². The van der Waals surface area contributed by atoms with Gasteiger partial charge in [0.15, 0.2) is 28.8 Å². The van der Waals surface area contributed by atoms with Crippen molar-refractivity contribution >= 4 is 34.9 Å². The average Bonchev–Trinajstić information content (AvgIpc) is 2.93. The standard InChI is InChI=1S/C12H14INO4/c13-18-11(16)12(6-2-1-3-7-12)14-10(15)9-5-4-8-17-9/h4-5,8H,1-3,6-7H2,(H,14,15). The summed E-state index contributed by atoms with van der Waals surface area (Å²) in [6.45, 7) is 0. The van der Waals surface area contributed by atoms with E-state index in [-0.39, 0.29) is 17.6 Å². The van der Waals surface area contributed by atoms with E-state index in [0.717, 1.165) is 19.3 Å². The van der Waals surface area contributed by atoms with Gasteiger partial charge in [-0.05, 0) is 25.0 Å². The molecule has 6 heteroatoms. The van der Waals surface area contributed by atoms with Crippen LogP contribution in [0, 0.1) is 0 Å². The molecule has 1 fully saturated rings. The minimum Gasteiger partial charge on any atom is -0.459 e. The SMILES string of the molecule is O=C(NC1(C(=O)OI)CCCCC1)c1ccco1. The van der Waals surface area contributed by atoms with Crippen molar-refractivity contribution in [1.82, 2.24) is 5.32 Å². The number of amides is 1. The lowest BCUT2D eigenvalue weighted by Crippen LogP contribution is -2.55. The van der Waals surface area contributed by atoms with Crippen LogP contribution in [0.4, 0.5) is 0 Å². The third-order valence-electron chi connectivity index (χ3n) is 3.27. The van der Waals surface area contributed by atoms with Crippen LogP contribution in [-0.2, 0) is 7.86 Å². The maximum absolute atomic E-state index is 12.0. The highest BCUT2D eigenvalue weighted by molar-refractivity contribution is 14.1. The van der Waals surface area contributed by atoms with Crippen molar-refractivity contribution in [3.05, 3.63) is 24.2 Å². The summed E-state index contributed by atoms with van der Waals surface area (Å²) in [4.78, 5) is 23.9. The minimum absolute atomic E-state index is 0.209. The zero-order chi connectivity index (χ0) is 13.0. The number of hydrogen-bond donors (Lipinski definition) is 1. The second-order valence-electron chi connectivity index (χ2n) is 4.44. The zero-order valence-electron chi connectivity index (χ0n) is 9.78. The Morgan fingerprint density at radius 2 is 2.06 bits per heavy atom. The predicted molar refractivity (Wildman–Crippen MR) is 72.1 cm³/mol. The Morgan fingerprint density at radius 3 is 2.61 bits per heavy atom. The van der Waals surface area contributed by atoms with Crippen molar-refractivity contribution < 1.29 is 17.1 Å². The van der Waals surface area contributed by atoms with Gasteiger partial charge in [0.2, 0.25) is 0 Å². The maximum Gasteiger partial charge on any atom is 0.341 e. The summed E-state index contributed by atoms with van der Waals surface area (Å²) in [6, 6.07) is 3.21. The van der Waals surface area contributed by atoms with E-state index in [1.807, 2.05) is 0 Å². The Labute approximate surface area is 119 Å². The van der Waals surface area contributed by atoms with E-state index in [9.17, 15) is 9.59 Å². The Morgan fingerprint density at radius 1 is 1.33 bits per heavy atom. The van der Waals surface area contributed by atoms with Gasteiger partial charge in [-0.2, -0.15) is 0 Å². The van der Waals surface area contributed by atoms with Gasteiger partial charge < -0.3 is 12.8 Å². The molecule has 0 spiro atoms. The summed E-state index contributed by atoms with van der Waals surface area (Å²) in [6.07, 6.45) is 5.54. The van der Waals surface area contributed by atoms with E-state index in [0.29, 0.717) is 12.8 Å². The highest BCUT2D eigenvalue weighted by Gasteiger charge is 2.42. The molecule has 1 saturated carbocycles. The van der Waals surface area contributed by atoms with E-state index >= 15 is 0 Å². The van der Waals surface area contributed by atoms with Gasteiger partial charge in [0.1, 0.15) is 5.54 Å². The van der Waals surface area contributed by atoms with E-state index in [1.54, 1.807) is 35.1 Å². The topological polar surface area (TPSA) is 68.5 Å². The Kier molecular flexibility index (Phi) is 4.26. The molecule has 1 amide bonds. The van der Waals surface area contributed by atoms with Gasteiger partial charge in [0, 0.05) is 0 Å². The fourth-order valence-electron chi connectivity index (χ4n) is 2.30. The third kappa shape index (κ3) is 2.68. The van der Waals surface area contributed by atoms with Crippen molar-refractivity contribution in [2.45, 2.75) is 37.6 Å². The lowest BCUT2D eigenvalue weighted by molar-refractivity contribution is -0.139. The van der Waals surface area contributed by atoms with Crippen LogP contribution in [0.3, 0.4) is 0 Å². The van der Waals surface area contributed by atoms with Crippen LogP contribution in [0.25, 0.3) is 0 Å². The first kappa shape index (κ1) is 13.4. The molecule has 1 aromatic heterocycles. The molecule has 0 radical (unpaired) electrons. The molecule has 5 nitrogen and oxygen atoms in total. The molecule has 1 aliphatic carbocycles. The molecule has 1 N–H and O–H groups in total. The van der Waals surface area contributed by atoms with E-state index < -0.39 is 5.54 Å². The average molecular weight is 363 g/mol. The molecular weight excluding hydrogens is 349 g/mol. The molecule has 98 valence electrons. The fraction of sp³-hybridized carbons (Fsp3) is 0.500. The monoisotopic (exact) mass is 363 g/mol. The van der Waals surface area contributed by atoms with Gasteiger partial charge in [-0.3, -0.25) is 4.79 Å². The first-order chi connectivity index (χ1) is 8.68. The summed E-state index contributed by atoms with van der Waals surface area (Å²) in [5.41, 5.74) is -0.899. The number of hydrogen-bond acceptors (Lipinski definition) is 4. The normalized spacial score (nSPS) is 18.1. The molecule has 0 unspecified atom stereocenters. The van der Waals surface area contributed by atoms with E-state index in [4.69, 9.17) is 7.48 Å². The molecule has 1 aliphatic rings. The quantitative estimate of drug-likeness (QED) is 0.839. The van der Waals surface area contributed by atoms with Crippen molar-refractivity contribution in [1.29, 1.82) is 0 Å². The number of furan rings is 1. The third-order valence-corrected chi connectivity index (χ3v) is 3.67. The van der Waals surface area contributed by atoms with Crippen molar-refractivity contribution in [2.75, 3.05) is 0 Å². The number of carbonyl (C=O) groups excluding carboxylic acids is 2. The van der Waals surface area contributed by atoms with Crippen molar-refractivity contribution in [3.63, 3.8) is 0 Å². The molecule has 0 bridgehead atoms. The van der Waals surface area contributed by atoms with Gasteiger partial charge in [-0.15, -0.1) is 0 Å². The number of carbonyl (C=O) groups is 2. The van der Waals surface area contributed by atoms with E-state index in [2.05, 4.69) is 5.32 Å². The van der Waals surface area contributed by atoms with Gasteiger partial charge in [0.25, 0.3) is 5.91 Å². The molecule has 2 rings (SSSR count). The van der Waals surface area contributed by atoms with Crippen LogP contribution in [0.5, 0.6) is 0 Å². The summed E-state index contributed by atoms with van der Waals surface area (Å²) in [5, 5.41) is 2.77. The molecule has 18 heavy (non-hydrogen) atoms. The maximum atomic E-state index is 12.0. The molecular formula is C12H14INO4. The van der Waals surface area contributed by atoms with E-state index in [1.165, 1.54) is 6.26 Å². The van der Waals surface area contributed by atoms with Crippen LogP contribution >= 0.6 is 23.0 Å². The molecule has 1 aromatic rings. The minimum atomic E-state index is -0.899. The van der Waals surface area contributed by atoms with Crippen molar-refractivity contribution in [2.24, 2.45) is 0 Å². The smallest absolute Gasteiger partial charge is 0.341 e. The van der Waals surface area contributed by atoms with Gasteiger partial charge in [0.05, 0.1) is 6.26 Å². The summed E-state index contributed by atoms with van der Waals surface area (Å²) >= 11 is 1.56. The highest BCUT2D eigenvalue weighted by Crippen LogP contribution is 2.30. The van der Waals surface area contributed by atoms with Gasteiger partial charge in [-0.1, -0.05) is 19.3 Å². The van der Waals surface area contributed by atoms with Crippen molar-refractivity contribution in [3.8, 4) is 0 Å². The fourth-order valence-corrected chi connectivity index (χ4v) is 2.72. The molecule has 1 heterocycles. The predicted octanol–water partition coefficient (Wildman–Crippen LogP) is 2.61. The summed E-state index contributed by atoms with van der Waals surface area (Å²) < 4.78 is 9.83. The Bertz CT molecular complexity index is 423. The summed E-state index contributed by atoms with van der Waals surface area (Å²) in [7, 11) is 0.